The minimum atomic E-state index is -0.917. The van der Waals surface area contributed by atoms with E-state index in [0.717, 1.165) is 34.8 Å². The molecule has 2 heterocycles. The second kappa shape index (κ2) is 14.3. The molecule has 0 amide bonds. The van der Waals surface area contributed by atoms with Crippen LogP contribution in [0.15, 0.2) is 48.0 Å². The molecule has 0 bridgehead atoms. The van der Waals surface area contributed by atoms with Crippen LogP contribution < -0.4 is 9.64 Å². The van der Waals surface area contributed by atoms with Crippen molar-refractivity contribution < 1.29 is 19.1 Å². The Labute approximate surface area is 217 Å². The van der Waals surface area contributed by atoms with E-state index in [0.29, 0.717) is 18.0 Å². The first kappa shape index (κ1) is 27.3. The van der Waals surface area contributed by atoms with Crippen LogP contribution in [0.25, 0.3) is 11.3 Å². The Bertz CT molecular complexity index is 1080. The second-order valence-electron chi connectivity index (χ2n) is 8.71. The molecule has 0 aliphatic rings. The lowest BCUT2D eigenvalue weighted by molar-refractivity contribution is -0.148. The summed E-state index contributed by atoms with van der Waals surface area (Å²) in [5.41, 5.74) is 3.46. The highest BCUT2D eigenvalue weighted by Crippen LogP contribution is 2.33. The highest BCUT2D eigenvalue weighted by molar-refractivity contribution is 7.14. The molecule has 7 nitrogen and oxygen atoms in total. The number of aryl methyl sites for hydroxylation is 1. The predicted molar refractivity (Wildman–Crippen MR) is 144 cm³/mol. The molecule has 1 atom stereocenters. The summed E-state index contributed by atoms with van der Waals surface area (Å²) in [5.74, 6) is 0.292. The van der Waals surface area contributed by atoms with Gasteiger partial charge in [0, 0.05) is 35.4 Å². The molecule has 2 aromatic heterocycles. The summed E-state index contributed by atoms with van der Waals surface area (Å²) in [6, 6.07) is 11.6. The lowest BCUT2D eigenvalue weighted by Gasteiger charge is -2.25. The van der Waals surface area contributed by atoms with Gasteiger partial charge in [-0.2, -0.15) is 0 Å². The molecule has 0 aliphatic heterocycles. The van der Waals surface area contributed by atoms with E-state index < -0.39 is 12.1 Å². The van der Waals surface area contributed by atoms with Crippen LogP contribution in [-0.4, -0.2) is 41.5 Å². The molecular formula is C28H35N3O4S. The van der Waals surface area contributed by atoms with E-state index >= 15 is 0 Å². The number of unbranched alkanes of at least 4 members (excludes halogenated alkanes) is 5. The van der Waals surface area contributed by atoms with Gasteiger partial charge in [0.05, 0.1) is 18.8 Å². The molecule has 0 fully saturated rings. The molecule has 0 N–H and O–H groups in total. The quantitative estimate of drug-likeness (QED) is 0.131. The molecule has 0 spiro atoms. The minimum Gasteiger partial charge on any atom is -0.494 e. The highest BCUT2D eigenvalue weighted by Gasteiger charge is 2.21. The van der Waals surface area contributed by atoms with E-state index in [1.165, 1.54) is 50.4 Å². The maximum absolute atomic E-state index is 11.6. The summed E-state index contributed by atoms with van der Waals surface area (Å²) in [6.07, 6.45) is 8.82. The Morgan fingerprint density at radius 2 is 1.83 bits per heavy atom. The topological polar surface area (TPSA) is 81.6 Å². The Hall–Kier alpha value is -3.26. The number of rotatable bonds is 15. The zero-order valence-electron chi connectivity index (χ0n) is 21.3. The van der Waals surface area contributed by atoms with Crippen LogP contribution in [-0.2, 0) is 14.3 Å². The number of aldehydes is 1. The highest BCUT2D eigenvalue weighted by atomic mass is 32.1. The van der Waals surface area contributed by atoms with E-state index in [2.05, 4.69) is 11.9 Å². The van der Waals surface area contributed by atoms with Gasteiger partial charge in [-0.25, -0.2) is 4.98 Å². The van der Waals surface area contributed by atoms with Crippen LogP contribution in [0.1, 0.15) is 58.1 Å². The van der Waals surface area contributed by atoms with Gasteiger partial charge in [0.15, 0.2) is 17.5 Å². The van der Waals surface area contributed by atoms with E-state index in [9.17, 15) is 9.59 Å². The third-order valence-corrected chi connectivity index (χ3v) is 6.54. The number of pyridine rings is 1. The summed E-state index contributed by atoms with van der Waals surface area (Å²) in [6.45, 7) is 6.30. The Balaban J connectivity index is 1.72. The van der Waals surface area contributed by atoms with Crippen molar-refractivity contribution in [3.8, 4) is 17.0 Å². The third kappa shape index (κ3) is 8.45. The number of esters is 1. The van der Waals surface area contributed by atoms with Crippen molar-refractivity contribution in [3.05, 3.63) is 53.7 Å². The van der Waals surface area contributed by atoms with E-state index in [-0.39, 0.29) is 6.54 Å². The molecule has 0 aliphatic carbocycles. The van der Waals surface area contributed by atoms with Crippen molar-refractivity contribution in [1.29, 1.82) is 0 Å². The lowest BCUT2D eigenvalue weighted by atomic mass is 10.1. The molecule has 1 unspecified atom stereocenters. The minimum absolute atomic E-state index is 0.153. The van der Waals surface area contributed by atoms with Gasteiger partial charge in [0.1, 0.15) is 5.75 Å². The first-order valence-electron chi connectivity index (χ1n) is 12.5. The predicted octanol–water partition coefficient (Wildman–Crippen LogP) is 6.52. The fourth-order valence-corrected chi connectivity index (χ4v) is 4.59. The Kier molecular flexibility index (Phi) is 10.9. The van der Waals surface area contributed by atoms with Crippen LogP contribution in [0.4, 0.5) is 10.8 Å². The molecule has 8 heteroatoms. The molecule has 192 valence electrons. The van der Waals surface area contributed by atoms with E-state index in [1.54, 1.807) is 6.20 Å². The van der Waals surface area contributed by atoms with Crippen LogP contribution in [0, 0.1) is 6.92 Å². The van der Waals surface area contributed by atoms with Crippen LogP contribution in [0.3, 0.4) is 0 Å². The van der Waals surface area contributed by atoms with Gasteiger partial charge in [-0.15, -0.1) is 11.3 Å². The average molecular weight is 510 g/mol. The standard InChI is InChI=1S/C28H35N3O4S/c1-4-5-6-7-8-9-16-34-25-14-12-24(13-15-25)31(18-26(19-32)35-22(3)33)28-30-27(20-36-28)23-11-10-21(2)29-17-23/h10-15,17,19-20,26H,4-9,16,18H2,1-3H3. The number of thiazole rings is 1. The van der Waals surface area contributed by atoms with Crippen molar-refractivity contribution in [2.75, 3.05) is 18.1 Å². The molecule has 3 rings (SSSR count). The van der Waals surface area contributed by atoms with Gasteiger partial charge in [-0.1, -0.05) is 39.0 Å². The lowest BCUT2D eigenvalue weighted by Crippen LogP contribution is -2.33. The van der Waals surface area contributed by atoms with Gasteiger partial charge in [0.25, 0.3) is 0 Å². The summed E-state index contributed by atoms with van der Waals surface area (Å²) < 4.78 is 11.1. The zero-order valence-corrected chi connectivity index (χ0v) is 22.1. The molecule has 3 aromatic rings. The number of carbonyl (C=O) groups is 2. The number of ether oxygens (including phenoxy) is 2. The number of carbonyl (C=O) groups excluding carboxylic acids is 2. The third-order valence-electron chi connectivity index (χ3n) is 5.68. The molecule has 36 heavy (non-hydrogen) atoms. The number of hydrogen-bond donors (Lipinski definition) is 0. The summed E-state index contributed by atoms with van der Waals surface area (Å²) in [5, 5.41) is 2.64. The fraction of sp³-hybridized carbons (Fsp3) is 0.429. The molecule has 1 aromatic carbocycles. The van der Waals surface area contributed by atoms with E-state index in [1.807, 2.05) is 53.6 Å². The van der Waals surface area contributed by atoms with Crippen LogP contribution in [0.2, 0.25) is 0 Å². The number of hydrogen-bond acceptors (Lipinski definition) is 8. The zero-order chi connectivity index (χ0) is 25.8. The average Bonchev–Trinajstić information content (AvgIpc) is 3.36. The van der Waals surface area contributed by atoms with Crippen molar-refractivity contribution in [2.24, 2.45) is 0 Å². The van der Waals surface area contributed by atoms with Crippen LogP contribution >= 0.6 is 11.3 Å². The van der Waals surface area contributed by atoms with Crippen molar-refractivity contribution in [1.82, 2.24) is 9.97 Å². The van der Waals surface area contributed by atoms with Gasteiger partial charge >= 0.3 is 5.97 Å². The molecular weight excluding hydrogens is 474 g/mol. The van der Waals surface area contributed by atoms with Crippen LogP contribution in [0.5, 0.6) is 5.75 Å². The SMILES string of the molecule is CCCCCCCCOc1ccc(N(CC(C=O)OC(C)=O)c2nc(-c3ccc(C)nc3)cs2)cc1. The first-order chi connectivity index (χ1) is 17.5. The maximum Gasteiger partial charge on any atom is 0.303 e. The van der Waals surface area contributed by atoms with Crippen molar-refractivity contribution in [3.63, 3.8) is 0 Å². The normalized spacial score (nSPS) is 11.6. The first-order valence-corrected chi connectivity index (χ1v) is 13.4. The number of aromatic nitrogens is 2. The summed E-state index contributed by atoms with van der Waals surface area (Å²) in [4.78, 5) is 34.1. The van der Waals surface area contributed by atoms with Gasteiger partial charge in [-0.3, -0.25) is 14.6 Å². The van der Waals surface area contributed by atoms with Crippen molar-refractivity contribution >= 4 is 34.4 Å². The Morgan fingerprint density at radius 1 is 1.08 bits per heavy atom. The maximum atomic E-state index is 11.6. The van der Waals surface area contributed by atoms with Crippen molar-refractivity contribution in [2.45, 2.75) is 65.4 Å². The van der Waals surface area contributed by atoms with Gasteiger partial charge < -0.3 is 14.4 Å². The van der Waals surface area contributed by atoms with Gasteiger partial charge in [-0.05, 0) is 49.7 Å². The smallest absolute Gasteiger partial charge is 0.303 e. The van der Waals surface area contributed by atoms with E-state index in [4.69, 9.17) is 14.5 Å². The monoisotopic (exact) mass is 509 g/mol. The number of benzene rings is 1. The second-order valence-corrected chi connectivity index (χ2v) is 9.54. The molecule has 0 saturated heterocycles. The van der Waals surface area contributed by atoms with Gasteiger partial charge in [0.2, 0.25) is 0 Å². The summed E-state index contributed by atoms with van der Waals surface area (Å²) in [7, 11) is 0. The fourth-order valence-electron chi connectivity index (χ4n) is 3.73. The summed E-state index contributed by atoms with van der Waals surface area (Å²) >= 11 is 1.45. The Morgan fingerprint density at radius 3 is 2.50 bits per heavy atom. The number of anilines is 2. The molecule has 0 radical (unpaired) electrons. The largest absolute Gasteiger partial charge is 0.494 e. The molecule has 0 saturated carbocycles. The number of nitrogens with zero attached hydrogens (tertiary/aromatic N) is 3.